The number of nitrogens with zero attached hydrogens (tertiary/aromatic N) is 1. The second kappa shape index (κ2) is 6.58. The van der Waals surface area contributed by atoms with Crippen LogP contribution in [0.3, 0.4) is 0 Å². The molecule has 0 aliphatic rings. The first kappa shape index (κ1) is 16.6. The van der Waals surface area contributed by atoms with Crippen molar-refractivity contribution in [1.29, 1.82) is 0 Å². The fourth-order valence-electron chi connectivity index (χ4n) is 2.46. The Hall–Kier alpha value is -1.73. The maximum Gasteiger partial charge on any atom is 0.123 e. The zero-order valence-corrected chi connectivity index (χ0v) is 14.3. The molecule has 0 aliphatic heterocycles. The number of rotatable bonds is 4. The van der Waals surface area contributed by atoms with E-state index in [0.717, 1.165) is 22.0 Å². The van der Waals surface area contributed by atoms with Crippen LogP contribution in [0.2, 0.25) is 0 Å². The quantitative estimate of drug-likeness (QED) is 0.667. The van der Waals surface area contributed by atoms with Crippen LogP contribution in [0.1, 0.15) is 30.5 Å². The number of aryl methyl sites for hydroxylation is 1. The molecule has 2 rings (SSSR count). The molecule has 0 radical (unpaired) electrons. The molecule has 0 saturated carbocycles. The van der Waals surface area contributed by atoms with Gasteiger partial charge in [-0.1, -0.05) is 46.7 Å². The van der Waals surface area contributed by atoms with E-state index in [1.807, 2.05) is 25.1 Å². The van der Waals surface area contributed by atoms with Crippen molar-refractivity contribution in [2.75, 3.05) is 7.05 Å². The summed E-state index contributed by atoms with van der Waals surface area (Å²) >= 11 is 0. The molecule has 1 N–H and O–H groups in total. The number of hydrogen-bond donors (Lipinski definition) is 1. The van der Waals surface area contributed by atoms with E-state index < -0.39 is 0 Å². The van der Waals surface area contributed by atoms with Crippen molar-refractivity contribution >= 4 is 20.1 Å². The van der Waals surface area contributed by atoms with Gasteiger partial charge in [0, 0.05) is 29.5 Å². The molecule has 4 heteroatoms. The minimum atomic E-state index is -0.264. The number of phenols is 1. The van der Waals surface area contributed by atoms with Gasteiger partial charge in [0.15, 0.2) is 0 Å². The van der Waals surface area contributed by atoms with Crippen LogP contribution in [0.25, 0.3) is 0 Å². The number of hydrogen-bond acceptors (Lipinski definition) is 2. The molecule has 1 unspecified atom stereocenters. The molecule has 2 aromatic rings. The largest absolute Gasteiger partial charge is 0.507 e. The Balaban J connectivity index is 2.42. The molecule has 0 amide bonds. The van der Waals surface area contributed by atoms with Crippen LogP contribution in [-0.2, 0) is 5.16 Å². The fourth-order valence-corrected chi connectivity index (χ4v) is 3.92. The highest BCUT2D eigenvalue weighted by Gasteiger charge is 2.26. The molecule has 22 heavy (non-hydrogen) atoms. The molecule has 1 atom stereocenters. The summed E-state index contributed by atoms with van der Waals surface area (Å²) < 4.78 is 13.4. The van der Waals surface area contributed by atoms with E-state index in [2.05, 4.69) is 18.8 Å². The maximum absolute atomic E-state index is 13.4. The van der Waals surface area contributed by atoms with Crippen LogP contribution in [0, 0.1) is 12.7 Å². The average molecular weight is 317 g/mol. The van der Waals surface area contributed by atoms with Crippen molar-refractivity contribution in [3.05, 3.63) is 58.9 Å². The third-order valence-electron chi connectivity index (χ3n) is 3.64. The Labute approximate surface area is 132 Å². The highest BCUT2D eigenvalue weighted by atomic mass is 31.1. The van der Waals surface area contributed by atoms with Crippen molar-refractivity contribution in [2.45, 2.75) is 25.9 Å². The summed E-state index contributed by atoms with van der Waals surface area (Å²) in [5.74, 6) is 0.0764. The molecular formula is C18H21FNOP. The van der Waals surface area contributed by atoms with E-state index in [-0.39, 0.29) is 11.0 Å². The second-order valence-electron chi connectivity index (χ2n) is 5.84. The summed E-state index contributed by atoms with van der Waals surface area (Å²) in [5, 5.41) is 11.1. The SMILES string of the molecule is CN=Cc1cc(F)ccc1PC(C)(C)c1cccc(C)c1O. The van der Waals surface area contributed by atoms with Crippen molar-refractivity contribution in [3.8, 4) is 5.75 Å². The van der Waals surface area contributed by atoms with Crippen LogP contribution in [0.5, 0.6) is 5.75 Å². The Kier molecular flexibility index (Phi) is 4.97. The van der Waals surface area contributed by atoms with Crippen LogP contribution in [0.4, 0.5) is 4.39 Å². The lowest BCUT2D eigenvalue weighted by atomic mass is 9.99. The van der Waals surface area contributed by atoms with Crippen molar-refractivity contribution in [3.63, 3.8) is 0 Å². The van der Waals surface area contributed by atoms with E-state index in [0.29, 0.717) is 14.3 Å². The molecular weight excluding hydrogens is 296 g/mol. The first-order valence-electron chi connectivity index (χ1n) is 7.14. The average Bonchev–Trinajstić information content (AvgIpc) is 2.45. The summed E-state index contributed by atoms with van der Waals surface area (Å²) in [4.78, 5) is 4.01. The summed E-state index contributed by atoms with van der Waals surface area (Å²) in [6, 6.07) is 10.6. The van der Waals surface area contributed by atoms with Gasteiger partial charge in [0.05, 0.1) is 0 Å². The normalized spacial score (nSPS) is 12.6. The van der Waals surface area contributed by atoms with E-state index in [1.54, 1.807) is 19.3 Å². The minimum absolute atomic E-state index is 0.246. The number of para-hydroxylation sites is 1. The molecule has 0 saturated heterocycles. The van der Waals surface area contributed by atoms with Crippen molar-refractivity contribution in [1.82, 2.24) is 0 Å². The van der Waals surface area contributed by atoms with Gasteiger partial charge in [0.1, 0.15) is 11.6 Å². The highest BCUT2D eigenvalue weighted by Crippen LogP contribution is 2.45. The Morgan fingerprint density at radius 3 is 2.64 bits per heavy atom. The number of benzene rings is 2. The zero-order valence-electron chi connectivity index (χ0n) is 13.3. The van der Waals surface area contributed by atoms with E-state index in [9.17, 15) is 9.50 Å². The predicted molar refractivity (Wildman–Crippen MR) is 93.7 cm³/mol. The van der Waals surface area contributed by atoms with Crippen LogP contribution in [0.15, 0.2) is 41.4 Å². The lowest BCUT2D eigenvalue weighted by Gasteiger charge is -2.27. The minimum Gasteiger partial charge on any atom is -0.507 e. The first-order chi connectivity index (χ1) is 10.3. The monoisotopic (exact) mass is 317 g/mol. The molecule has 0 spiro atoms. The van der Waals surface area contributed by atoms with Gasteiger partial charge >= 0.3 is 0 Å². The van der Waals surface area contributed by atoms with Crippen LogP contribution >= 0.6 is 8.58 Å². The van der Waals surface area contributed by atoms with Crippen molar-refractivity contribution in [2.24, 2.45) is 4.99 Å². The molecule has 0 aromatic heterocycles. The lowest BCUT2D eigenvalue weighted by molar-refractivity contribution is 0.457. The van der Waals surface area contributed by atoms with E-state index in [4.69, 9.17) is 0 Å². The van der Waals surface area contributed by atoms with Crippen molar-refractivity contribution < 1.29 is 9.50 Å². The van der Waals surface area contributed by atoms with Crippen LogP contribution < -0.4 is 5.30 Å². The van der Waals surface area contributed by atoms with Crippen LogP contribution in [-0.4, -0.2) is 18.4 Å². The zero-order chi connectivity index (χ0) is 16.3. The molecule has 0 aliphatic carbocycles. The Morgan fingerprint density at radius 1 is 1.23 bits per heavy atom. The van der Waals surface area contributed by atoms with Gasteiger partial charge in [-0.3, -0.25) is 4.99 Å². The van der Waals surface area contributed by atoms with Gasteiger partial charge in [0.25, 0.3) is 0 Å². The Morgan fingerprint density at radius 2 is 1.95 bits per heavy atom. The third kappa shape index (κ3) is 3.53. The topological polar surface area (TPSA) is 32.6 Å². The lowest BCUT2D eigenvalue weighted by Crippen LogP contribution is -2.17. The number of halogens is 1. The number of aromatic hydroxyl groups is 1. The number of aliphatic imine (C=N–C) groups is 1. The number of phenolic OH excluding ortho intramolecular Hbond substituents is 1. The molecule has 2 nitrogen and oxygen atoms in total. The van der Waals surface area contributed by atoms with Gasteiger partial charge < -0.3 is 5.11 Å². The van der Waals surface area contributed by atoms with E-state index in [1.165, 1.54) is 12.1 Å². The summed E-state index contributed by atoms with van der Waals surface area (Å²) in [6.45, 7) is 6.08. The highest BCUT2D eigenvalue weighted by molar-refractivity contribution is 7.48. The van der Waals surface area contributed by atoms with Gasteiger partial charge in [-0.25, -0.2) is 4.39 Å². The smallest absolute Gasteiger partial charge is 0.123 e. The molecule has 0 fully saturated rings. The summed E-state index contributed by atoms with van der Waals surface area (Å²) in [6.07, 6.45) is 1.68. The van der Waals surface area contributed by atoms with Gasteiger partial charge in [-0.05, 0) is 29.9 Å². The predicted octanol–water partition coefficient (Wildman–Crippen LogP) is 4.13. The second-order valence-corrected chi connectivity index (χ2v) is 7.88. The third-order valence-corrected chi connectivity index (χ3v) is 5.26. The molecule has 0 bridgehead atoms. The van der Waals surface area contributed by atoms with E-state index >= 15 is 0 Å². The molecule has 0 heterocycles. The Bertz CT molecular complexity index is 710. The molecule has 116 valence electrons. The van der Waals surface area contributed by atoms with Gasteiger partial charge in [0.2, 0.25) is 0 Å². The molecule has 2 aromatic carbocycles. The fraction of sp³-hybridized carbons (Fsp3) is 0.278. The standard InChI is InChI=1S/C18H21FNOP/c1-12-6-5-7-15(17(12)21)18(2,3)22-16-9-8-14(19)10-13(16)11-20-4/h5-11,21-22H,1-4H3. The first-order valence-corrected chi connectivity index (χ1v) is 8.14. The summed E-state index contributed by atoms with van der Waals surface area (Å²) in [5.41, 5.74) is 2.57. The van der Waals surface area contributed by atoms with Gasteiger partial charge in [-0.15, -0.1) is 0 Å². The van der Waals surface area contributed by atoms with Gasteiger partial charge in [-0.2, -0.15) is 0 Å². The maximum atomic E-state index is 13.4. The summed E-state index contributed by atoms with van der Waals surface area (Å²) in [7, 11) is 2.06.